The summed E-state index contributed by atoms with van der Waals surface area (Å²) < 4.78 is 0. The number of benzene rings is 1. The summed E-state index contributed by atoms with van der Waals surface area (Å²) in [4.78, 5) is 13.8. The molecule has 1 amide bonds. The highest BCUT2D eigenvalue weighted by molar-refractivity contribution is 6.34. The van der Waals surface area contributed by atoms with Crippen LogP contribution in [0.5, 0.6) is 0 Å². The smallest absolute Gasteiger partial charge is 0.255 e. The number of rotatable bonds is 4. The number of nitrogens with zero attached hydrogens (tertiary/aromatic N) is 1. The lowest BCUT2D eigenvalue weighted by molar-refractivity contribution is 0.0665. The molecule has 0 fully saturated rings. The first-order valence-electron chi connectivity index (χ1n) is 5.44. The first kappa shape index (κ1) is 13.8. The van der Waals surface area contributed by atoms with Crippen LogP contribution >= 0.6 is 11.6 Å². The zero-order valence-electron chi connectivity index (χ0n) is 9.98. The molecular formula is C12H17ClN2O2. The number of hydrogen-bond donors (Lipinski definition) is 2. The van der Waals surface area contributed by atoms with Crippen molar-refractivity contribution in [2.45, 2.75) is 19.9 Å². The van der Waals surface area contributed by atoms with E-state index in [2.05, 4.69) is 0 Å². The molecule has 1 rings (SSSR count). The van der Waals surface area contributed by atoms with Crippen molar-refractivity contribution in [1.82, 2.24) is 4.90 Å². The number of anilines is 1. The standard InChI is InChI=1S/C12H17ClN2O2/c1-8(2)15(5-6-16)12(17)10-7-9(14)3-4-11(10)13/h3-4,7-8,16H,5-6,14H2,1-2H3. The van der Waals surface area contributed by atoms with Crippen LogP contribution in [-0.4, -0.2) is 35.1 Å². The van der Waals surface area contributed by atoms with E-state index in [9.17, 15) is 4.79 Å². The van der Waals surface area contributed by atoms with Crippen LogP contribution in [0.25, 0.3) is 0 Å². The molecule has 0 bridgehead atoms. The van der Waals surface area contributed by atoms with Crippen molar-refractivity contribution in [2.75, 3.05) is 18.9 Å². The first-order chi connectivity index (χ1) is 7.97. The first-order valence-corrected chi connectivity index (χ1v) is 5.82. The number of hydrogen-bond acceptors (Lipinski definition) is 3. The van der Waals surface area contributed by atoms with Gasteiger partial charge in [0.15, 0.2) is 0 Å². The van der Waals surface area contributed by atoms with E-state index in [1.807, 2.05) is 13.8 Å². The van der Waals surface area contributed by atoms with Crippen LogP contribution in [0.15, 0.2) is 18.2 Å². The Morgan fingerprint density at radius 2 is 2.18 bits per heavy atom. The fraction of sp³-hybridized carbons (Fsp3) is 0.417. The number of carbonyl (C=O) groups excluding carboxylic acids is 1. The average molecular weight is 257 g/mol. The van der Waals surface area contributed by atoms with E-state index < -0.39 is 0 Å². The van der Waals surface area contributed by atoms with Crippen LogP contribution < -0.4 is 5.73 Å². The molecule has 17 heavy (non-hydrogen) atoms. The average Bonchev–Trinajstić information content (AvgIpc) is 2.28. The quantitative estimate of drug-likeness (QED) is 0.807. The molecular weight excluding hydrogens is 240 g/mol. The molecule has 0 atom stereocenters. The van der Waals surface area contributed by atoms with E-state index in [0.717, 1.165) is 0 Å². The van der Waals surface area contributed by atoms with Crippen LogP contribution in [0.2, 0.25) is 5.02 Å². The molecule has 1 aromatic carbocycles. The zero-order chi connectivity index (χ0) is 13.0. The van der Waals surface area contributed by atoms with Gasteiger partial charge in [0.1, 0.15) is 0 Å². The molecule has 0 radical (unpaired) electrons. The number of nitrogens with two attached hydrogens (primary N) is 1. The summed E-state index contributed by atoms with van der Waals surface area (Å²) in [6, 6.07) is 4.79. The molecule has 0 heterocycles. The third kappa shape index (κ3) is 3.35. The molecule has 0 spiro atoms. The summed E-state index contributed by atoms with van der Waals surface area (Å²) in [6.45, 7) is 3.97. The van der Waals surface area contributed by atoms with Gasteiger partial charge in [-0.15, -0.1) is 0 Å². The molecule has 0 saturated carbocycles. The SMILES string of the molecule is CC(C)N(CCO)C(=O)c1cc(N)ccc1Cl. The molecule has 0 saturated heterocycles. The predicted molar refractivity (Wildman–Crippen MR) is 69.1 cm³/mol. The van der Waals surface area contributed by atoms with E-state index >= 15 is 0 Å². The summed E-state index contributed by atoms with van der Waals surface area (Å²) in [6.07, 6.45) is 0. The number of amides is 1. The van der Waals surface area contributed by atoms with Gasteiger partial charge >= 0.3 is 0 Å². The minimum Gasteiger partial charge on any atom is -0.399 e. The van der Waals surface area contributed by atoms with E-state index in [1.165, 1.54) is 0 Å². The Hall–Kier alpha value is -1.26. The van der Waals surface area contributed by atoms with Gasteiger partial charge in [-0.25, -0.2) is 0 Å². The predicted octanol–water partition coefficient (Wildman–Crippen LogP) is 1.77. The second kappa shape index (κ2) is 5.89. The third-order valence-corrected chi connectivity index (χ3v) is 2.78. The molecule has 3 N–H and O–H groups in total. The van der Waals surface area contributed by atoms with Crippen molar-refractivity contribution in [3.63, 3.8) is 0 Å². The molecule has 0 aliphatic carbocycles. The lowest BCUT2D eigenvalue weighted by atomic mass is 10.1. The van der Waals surface area contributed by atoms with Crippen molar-refractivity contribution in [1.29, 1.82) is 0 Å². The lowest BCUT2D eigenvalue weighted by Crippen LogP contribution is -2.39. The Bertz CT molecular complexity index is 407. The maximum atomic E-state index is 12.2. The Morgan fingerprint density at radius 3 is 2.71 bits per heavy atom. The highest BCUT2D eigenvalue weighted by Gasteiger charge is 2.20. The number of aliphatic hydroxyl groups excluding tert-OH is 1. The van der Waals surface area contributed by atoms with Crippen LogP contribution in [0.3, 0.4) is 0 Å². The Labute approximate surface area is 106 Å². The van der Waals surface area contributed by atoms with Gasteiger partial charge in [-0.05, 0) is 32.0 Å². The van der Waals surface area contributed by atoms with Crippen LogP contribution in [0, 0.1) is 0 Å². The van der Waals surface area contributed by atoms with Gasteiger partial charge in [0.2, 0.25) is 0 Å². The van der Waals surface area contributed by atoms with Crippen LogP contribution in [0.1, 0.15) is 24.2 Å². The molecule has 0 aromatic heterocycles. The van der Waals surface area contributed by atoms with Crippen molar-refractivity contribution in [3.05, 3.63) is 28.8 Å². The molecule has 0 unspecified atom stereocenters. The van der Waals surface area contributed by atoms with Gasteiger partial charge in [0.25, 0.3) is 5.91 Å². The van der Waals surface area contributed by atoms with Gasteiger partial charge in [0, 0.05) is 18.3 Å². The fourth-order valence-corrected chi connectivity index (χ4v) is 1.76. The van der Waals surface area contributed by atoms with Gasteiger partial charge in [0.05, 0.1) is 17.2 Å². The molecule has 4 nitrogen and oxygen atoms in total. The largest absolute Gasteiger partial charge is 0.399 e. The highest BCUT2D eigenvalue weighted by atomic mass is 35.5. The summed E-state index contributed by atoms with van der Waals surface area (Å²) in [5, 5.41) is 9.32. The monoisotopic (exact) mass is 256 g/mol. The maximum Gasteiger partial charge on any atom is 0.255 e. The minimum absolute atomic E-state index is 0.00727. The lowest BCUT2D eigenvalue weighted by Gasteiger charge is -2.26. The van der Waals surface area contributed by atoms with Crippen LogP contribution in [0.4, 0.5) is 5.69 Å². The Kier molecular flexibility index (Phi) is 4.78. The van der Waals surface area contributed by atoms with Crippen molar-refractivity contribution in [3.8, 4) is 0 Å². The van der Waals surface area contributed by atoms with Crippen molar-refractivity contribution in [2.24, 2.45) is 0 Å². The maximum absolute atomic E-state index is 12.2. The van der Waals surface area contributed by atoms with Crippen molar-refractivity contribution >= 4 is 23.2 Å². The fourth-order valence-electron chi connectivity index (χ4n) is 1.56. The second-order valence-corrected chi connectivity index (χ2v) is 4.46. The van der Waals surface area contributed by atoms with E-state index in [0.29, 0.717) is 16.3 Å². The van der Waals surface area contributed by atoms with Crippen LogP contribution in [-0.2, 0) is 0 Å². The summed E-state index contributed by atoms with van der Waals surface area (Å²) in [5.74, 6) is -0.216. The normalized spacial score (nSPS) is 10.6. The number of carbonyl (C=O) groups is 1. The van der Waals surface area contributed by atoms with Gasteiger partial charge in [-0.3, -0.25) is 4.79 Å². The minimum atomic E-state index is -0.216. The topological polar surface area (TPSA) is 66.6 Å². The zero-order valence-corrected chi connectivity index (χ0v) is 10.7. The van der Waals surface area contributed by atoms with Gasteiger partial charge < -0.3 is 15.7 Å². The number of halogens is 1. The summed E-state index contributed by atoms with van der Waals surface area (Å²) in [5.41, 5.74) is 6.50. The number of nitrogen functional groups attached to an aromatic ring is 1. The molecule has 0 aliphatic rings. The Morgan fingerprint density at radius 1 is 1.53 bits per heavy atom. The van der Waals surface area contributed by atoms with E-state index in [1.54, 1.807) is 23.1 Å². The molecule has 5 heteroatoms. The summed E-state index contributed by atoms with van der Waals surface area (Å²) in [7, 11) is 0. The Balaban J connectivity index is 3.04. The molecule has 94 valence electrons. The van der Waals surface area contributed by atoms with Gasteiger partial charge in [-0.2, -0.15) is 0 Å². The van der Waals surface area contributed by atoms with Crippen molar-refractivity contribution < 1.29 is 9.90 Å². The van der Waals surface area contributed by atoms with E-state index in [-0.39, 0.29) is 25.1 Å². The van der Waals surface area contributed by atoms with E-state index in [4.69, 9.17) is 22.4 Å². The third-order valence-electron chi connectivity index (χ3n) is 2.45. The molecule has 0 aliphatic heterocycles. The number of aliphatic hydroxyl groups is 1. The second-order valence-electron chi connectivity index (χ2n) is 4.06. The molecule has 1 aromatic rings. The highest BCUT2D eigenvalue weighted by Crippen LogP contribution is 2.21. The summed E-state index contributed by atoms with van der Waals surface area (Å²) >= 11 is 5.97. The van der Waals surface area contributed by atoms with Gasteiger partial charge in [-0.1, -0.05) is 11.6 Å².